The highest BCUT2D eigenvalue weighted by molar-refractivity contribution is 6.28. The van der Waals surface area contributed by atoms with Gasteiger partial charge in [0.2, 0.25) is 17.2 Å². The Morgan fingerprint density at radius 2 is 1.94 bits per heavy atom. The summed E-state index contributed by atoms with van der Waals surface area (Å²) in [5.74, 6) is 0.512. The first kappa shape index (κ1) is 12.9. The number of nitrogen functional groups attached to an aromatic ring is 1. The van der Waals surface area contributed by atoms with E-state index in [9.17, 15) is 0 Å². The highest BCUT2D eigenvalue weighted by Crippen LogP contribution is 2.12. The minimum absolute atomic E-state index is 0.0200. The number of nitrogens with one attached hydrogen (secondary N) is 1. The van der Waals surface area contributed by atoms with Gasteiger partial charge in [0, 0.05) is 12.1 Å². The van der Waals surface area contributed by atoms with Crippen LogP contribution in [0.15, 0.2) is 0 Å². The number of halogens is 1. The fourth-order valence-electron chi connectivity index (χ4n) is 0.898. The third kappa shape index (κ3) is 3.46. The van der Waals surface area contributed by atoms with Crippen molar-refractivity contribution in [3.05, 3.63) is 5.28 Å². The third-order valence-electron chi connectivity index (χ3n) is 2.52. The van der Waals surface area contributed by atoms with Crippen LogP contribution in [0.5, 0.6) is 0 Å². The molecule has 0 atom stereocenters. The van der Waals surface area contributed by atoms with Crippen molar-refractivity contribution in [2.75, 3.05) is 31.7 Å². The van der Waals surface area contributed by atoms with Crippen molar-refractivity contribution in [3.63, 3.8) is 0 Å². The quantitative estimate of drug-likeness (QED) is 0.818. The van der Waals surface area contributed by atoms with Crippen molar-refractivity contribution in [1.29, 1.82) is 0 Å². The highest BCUT2D eigenvalue weighted by atomic mass is 35.5. The molecule has 0 aromatic carbocycles. The zero-order chi connectivity index (χ0) is 12.3. The van der Waals surface area contributed by atoms with Gasteiger partial charge in [-0.25, -0.2) is 0 Å². The molecule has 1 aromatic rings. The van der Waals surface area contributed by atoms with Crippen molar-refractivity contribution in [2.24, 2.45) is 0 Å². The summed E-state index contributed by atoms with van der Waals surface area (Å²) in [5, 5.41) is 3.17. The molecule has 0 spiro atoms. The van der Waals surface area contributed by atoms with Crippen LogP contribution in [-0.4, -0.2) is 46.0 Å². The van der Waals surface area contributed by atoms with Gasteiger partial charge in [-0.3, -0.25) is 0 Å². The van der Waals surface area contributed by atoms with Gasteiger partial charge in [0.05, 0.1) is 0 Å². The summed E-state index contributed by atoms with van der Waals surface area (Å²) in [5.41, 5.74) is 5.44. The summed E-state index contributed by atoms with van der Waals surface area (Å²) < 4.78 is 0. The van der Waals surface area contributed by atoms with Crippen LogP contribution in [0, 0.1) is 0 Å². The summed E-state index contributed by atoms with van der Waals surface area (Å²) in [7, 11) is 4.02. The van der Waals surface area contributed by atoms with Crippen LogP contribution in [-0.2, 0) is 0 Å². The molecule has 16 heavy (non-hydrogen) atoms. The van der Waals surface area contributed by atoms with E-state index in [0.29, 0.717) is 12.5 Å². The molecule has 0 amide bonds. The molecule has 1 rings (SSSR count). The van der Waals surface area contributed by atoms with Gasteiger partial charge >= 0.3 is 0 Å². The van der Waals surface area contributed by atoms with Gasteiger partial charge in [0.15, 0.2) is 0 Å². The van der Waals surface area contributed by atoms with E-state index in [2.05, 4.69) is 39.0 Å². The molecule has 0 saturated carbocycles. The smallest absolute Gasteiger partial charge is 0.228 e. The number of hydrogen-bond acceptors (Lipinski definition) is 6. The predicted octanol–water partition coefficient (Wildman–Crippen LogP) is 0.859. The number of nitrogens with zero attached hydrogens (tertiary/aromatic N) is 4. The second kappa shape index (κ2) is 4.80. The van der Waals surface area contributed by atoms with Gasteiger partial charge in [-0.05, 0) is 39.5 Å². The molecule has 1 heterocycles. The van der Waals surface area contributed by atoms with Gasteiger partial charge in [0.1, 0.15) is 0 Å². The van der Waals surface area contributed by atoms with Crippen LogP contribution in [0.1, 0.15) is 13.8 Å². The van der Waals surface area contributed by atoms with Crippen molar-refractivity contribution < 1.29 is 0 Å². The van der Waals surface area contributed by atoms with E-state index in [-0.39, 0.29) is 16.8 Å². The SMILES string of the molecule is CN(C)C(C)(C)CNc1nc(N)nc(Cl)n1. The van der Waals surface area contributed by atoms with Gasteiger partial charge < -0.3 is 16.0 Å². The number of likely N-dealkylation sites (N-methyl/N-ethyl adjacent to an activating group) is 1. The molecular weight excluding hydrogens is 228 g/mol. The molecule has 0 aliphatic heterocycles. The Balaban J connectivity index is 2.68. The Hall–Kier alpha value is -1.14. The first-order chi connectivity index (χ1) is 7.31. The summed E-state index contributed by atoms with van der Waals surface area (Å²) >= 11 is 5.67. The second-order valence-electron chi connectivity index (χ2n) is 4.35. The topological polar surface area (TPSA) is 80.0 Å². The molecule has 0 aliphatic carbocycles. The van der Waals surface area contributed by atoms with Crippen molar-refractivity contribution in [3.8, 4) is 0 Å². The largest absolute Gasteiger partial charge is 0.368 e. The Morgan fingerprint density at radius 3 is 2.44 bits per heavy atom. The molecule has 0 saturated heterocycles. The molecule has 6 nitrogen and oxygen atoms in total. The van der Waals surface area contributed by atoms with E-state index in [1.165, 1.54) is 0 Å². The number of nitrogens with two attached hydrogens (primary N) is 1. The van der Waals surface area contributed by atoms with E-state index in [4.69, 9.17) is 17.3 Å². The fourth-order valence-corrected chi connectivity index (χ4v) is 1.06. The van der Waals surface area contributed by atoms with E-state index in [1.54, 1.807) is 0 Å². The minimum atomic E-state index is -0.0200. The first-order valence-corrected chi connectivity index (χ1v) is 5.27. The lowest BCUT2D eigenvalue weighted by Crippen LogP contribution is -2.44. The normalized spacial score (nSPS) is 11.9. The maximum atomic E-state index is 5.67. The Kier molecular flexibility index (Phi) is 3.88. The molecule has 0 radical (unpaired) electrons. The van der Waals surface area contributed by atoms with Crippen LogP contribution >= 0.6 is 11.6 Å². The lowest BCUT2D eigenvalue weighted by Gasteiger charge is -2.32. The van der Waals surface area contributed by atoms with Crippen LogP contribution in [0.2, 0.25) is 5.28 Å². The summed E-state index contributed by atoms with van der Waals surface area (Å²) in [6, 6.07) is 0. The molecule has 0 bridgehead atoms. The molecule has 7 heteroatoms. The third-order valence-corrected chi connectivity index (χ3v) is 2.68. The van der Waals surface area contributed by atoms with Gasteiger partial charge in [0.25, 0.3) is 0 Å². The first-order valence-electron chi connectivity index (χ1n) is 4.89. The maximum Gasteiger partial charge on any atom is 0.228 e. The molecule has 0 fully saturated rings. The highest BCUT2D eigenvalue weighted by Gasteiger charge is 2.20. The van der Waals surface area contributed by atoms with Crippen LogP contribution in [0.3, 0.4) is 0 Å². The van der Waals surface area contributed by atoms with Crippen LogP contribution in [0.25, 0.3) is 0 Å². The molecule has 3 N–H and O–H groups in total. The molecule has 0 aliphatic rings. The maximum absolute atomic E-state index is 5.67. The summed E-state index contributed by atoms with van der Waals surface area (Å²) in [6.45, 7) is 4.89. The number of hydrogen-bond donors (Lipinski definition) is 2. The predicted molar refractivity (Wildman–Crippen MR) is 65.5 cm³/mol. The number of anilines is 2. The van der Waals surface area contributed by atoms with Gasteiger partial charge in [-0.1, -0.05) is 0 Å². The zero-order valence-corrected chi connectivity index (χ0v) is 10.7. The van der Waals surface area contributed by atoms with Crippen molar-refractivity contribution in [2.45, 2.75) is 19.4 Å². The lowest BCUT2D eigenvalue weighted by atomic mass is 10.1. The second-order valence-corrected chi connectivity index (χ2v) is 4.68. The number of aromatic nitrogens is 3. The summed E-state index contributed by atoms with van der Waals surface area (Å²) in [4.78, 5) is 13.7. The van der Waals surface area contributed by atoms with Gasteiger partial charge in [-0.2, -0.15) is 15.0 Å². The average Bonchev–Trinajstić information content (AvgIpc) is 2.13. The zero-order valence-electron chi connectivity index (χ0n) is 9.95. The lowest BCUT2D eigenvalue weighted by molar-refractivity contribution is 0.209. The van der Waals surface area contributed by atoms with Crippen molar-refractivity contribution in [1.82, 2.24) is 19.9 Å². The minimum Gasteiger partial charge on any atom is -0.368 e. The van der Waals surface area contributed by atoms with Crippen LogP contribution in [0.4, 0.5) is 11.9 Å². The van der Waals surface area contributed by atoms with E-state index in [1.807, 2.05) is 14.1 Å². The molecule has 1 aromatic heterocycles. The van der Waals surface area contributed by atoms with E-state index in [0.717, 1.165) is 0 Å². The summed E-state index contributed by atoms with van der Waals surface area (Å²) in [6.07, 6.45) is 0. The van der Waals surface area contributed by atoms with Crippen molar-refractivity contribution >= 4 is 23.5 Å². The van der Waals surface area contributed by atoms with E-state index >= 15 is 0 Å². The van der Waals surface area contributed by atoms with E-state index < -0.39 is 0 Å². The molecule has 90 valence electrons. The Morgan fingerprint density at radius 1 is 1.31 bits per heavy atom. The average molecular weight is 245 g/mol. The fraction of sp³-hybridized carbons (Fsp3) is 0.667. The molecule has 0 unspecified atom stereocenters. The standard InChI is InChI=1S/C9H17ClN6/c1-9(2,16(3)4)5-12-8-14-6(10)13-7(11)15-8/h5H2,1-4H3,(H3,11,12,13,14,15). The van der Waals surface area contributed by atoms with Gasteiger partial charge in [-0.15, -0.1) is 0 Å². The Bertz CT molecular complexity index is 345. The van der Waals surface area contributed by atoms with Crippen LogP contribution < -0.4 is 11.1 Å². The monoisotopic (exact) mass is 244 g/mol. The Labute approximate surface area is 100 Å². The number of rotatable bonds is 4. The molecular formula is C9H17ClN6.